The van der Waals surface area contributed by atoms with Crippen molar-refractivity contribution >= 4 is 17.4 Å². The third kappa shape index (κ3) is 2.54. The van der Waals surface area contributed by atoms with Crippen LogP contribution in [-0.2, 0) is 0 Å². The first-order valence-electron chi connectivity index (χ1n) is 5.56. The standard InChI is InChI=1S/C15H13ClO2/c1-10-4-3-5-11(8-10)15(17)13-7-6-12(18-2)9-14(13)16/h3-9H,1-2H3. The molecule has 2 rings (SSSR count). The number of ether oxygens (including phenoxy) is 1. The Balaban J connectivity index is 2.40. The number of benzene rings is 2. The lowest BCUT2D eigenvalue weighted by Gasteiger charge is -2.06. The second-order valence-corrected chi connectivity index (χ2v) is 4.45. The van der Waals surface area contributed by atoms with Gasteiger partial charge in [-0.25, -0.2) is 0 Å². The summed E-state index contributed by atoms with van der Waals surface area (Å²) in [7, 11) is 1.56. The van der Waals surface area contributed by atoms with Crippen molar-refractivity contribution in [1.82, 2.24) is 0 Å². The number of carbonyl (C=O) groups is 1. The molecule has 0 N–H and O–H groups in total. The molecule has 2 aromatic rings. The molecule has 0 fully saturated rings. The van der Waals surface area contributed by atoms with Crippen molar-refractivity contribution in [3.8, 4) is 5.75 Å². The highest BCUT2D eigenvalue weighted by atomic mass is 35.5. The lowest BCUT2D eigenvalue weighted by Crippen LogP contribution is -2.02. The van der Waals surface area contributed by atoms with Crippen LogP contribution in [0.1, 0.15) is 21.5 Å². The van der Waals surface area contributed by atoms with Crippen LogP contribution in [-0.4, -0.2) is 12.9 Å². The summed E-state index contributed by atoms with van der Waals surface area (Å²) in [5.74, 6) is 0.562. The van der Waals surface area contributed by atoms with Gasteiger partial charge in [0.2, 0.25) is 0 Å². The van der Waals surface area contributed by atoms with E-state index in [0.717, 1.165) is 5.56 Å². The molecule has 0 aliphatic rings. The maximum atomic E-state index is 12.3. The molecule has 0 amide bonds. The molecule has 2 aromatic carbocycles. The Labute approximate surface area is 111 Å². The minimum Gasteiger partial charge on any atom is -0.497 e. The Hall–Kier alpha value is -1.80. The van der Waals surface area contributed by atoms with Crippen molar-refractivity contribution in [3.05, 3.63) is 64.2 Å². The molecule has 0 saturated heterocycles. The Bertz CT molecular complexity index is 591. The zero-order chi connectivity index (χ0) is 13.1. The van der Waals surface area contributed by atoms with Crippen molar-refractivity contribution in [2.24, 2.45) is 0 Å². The minimum atomic E-state index is -0.0775. The van der Waals surface area contributed by atoms with Crippen LogP contribution in [0, 0.1) is 6.92 Å². The minimum absolute atomic E-state index is 0.0775. The third-order valence-electron chi connectivity index (χ3n) is 2.70. The molecule has 0 saturated carbocycles. The van der Waals surface area contributed by atoms with Gasteiger partial charge in [0, 0.05) is 11.1 Å². The predicted octanol–water partition coefficient (Wildman–Crippen LogP) is 3.89. The summed E-state index contributed by atoms with van der Waals surface area (Å²) < 4.78 is 5.06. The van der Waals surface area contributed by atoms with Crippen LogP contribution in [0.3, 0.4) is 0 Å². The van der Waals surface area contributed by atoms with Crippen molar-refractivity contribution in [2.45, 2.75) is 6.92 Å². The zero-order valence-electron chi connectivity index (χ0n) is 10.2. The fourth-order valence-electron chi connectivity index (χ4n) is 1.75. The van der Waals surface area contributed by atoms with Gasteiger partial charge in [-0.3, -0.25) is 4.79 Å². The molecule has 0 radical (unpaired) electrons. The van der Waals surface area contributed by atoms with Crippen LogP contribution in [0.2, 0.25) is 5.02 Å². The van der Waals surface area contributed by atoms with E-state index in [1.165, 1.54) is 0 Å². The van der Waals surface area contributed by atoms with Crippen LogP contribution in [0.5, 0.6) is 5.75 Å². The van der Waals surface area contributed by atoms with Crippen LogP contribution in [0.15, 0.2) is 42.5 Å². The Morgan fingerprint density at radius 2 is 1.94 bits per heavy atom. The smallest absolute Gasteiger partial charge is 0.194 e. The summed E-state index contributed by atoms with van der Waals surface area (Å²) in [4.78, 5) is 12.3. The van der Waals surface area contributed by atoms with E-state index in [9.17, 15) is 4.79 Å². The summed E-state index contributed by atoms with van der Waals surface area (Å²) in [6.07, 6.45) is 0. The molecule has 0 heterocycles. The van der Waals surface area contributed by atoms with E-state index in [2.05, 4.69) is 0 Å². The zero-order valence-corrected chi connectivity index (χ0v) is 11.0. The van der Waals surface area contributed by atoms with Crippen LogP contribution < -0.4 is 4.74 Å². The number of rotatable bonds is 3. The molecular weight excluding hydrogens is 248 g/mol. The van der Waals surface area contributed by atoms with Crippen LogP contribution in [0.4, 0.5) is 0 Å². The molecule has 92 valence electrons. The molecule has 2 nitrogen and oxygen atoms in total. The van der Waals surface area contributed by atoms with E-state index in [4.69, 9.17) is 16.3 Å². The average Bonchev–Trinajstić information content (AvgIpc) is 2.37. The number of hydrogen-bond acceptors (Lipinski definition) is 2. The molecule has 0 aliphatic carbocycles. The fraction of sp³-hybridized carbons (Fsp3) is 0.133. The number of carbonyl (C=O) groups excluding carboxylic acids is 1. The van der Waals surface area contributed by atoms with E-state index in [1.54, 1.807) is 31.4 Å². The van der Waals surface area contributed by atoms with Gasteiger partial charge in [0.25, 0.3) is 0 Å². The lowest BCUT2D eigenvalue weighted by atomic mass is 10.0. The first-order chi connectivity index (χ1) is 8.61. The summed E-state index contributed by atoms with van der Waals surface area (Å²) in [6, 6.07) is 12.5. The highest BCUT2D eigenvalue weighted by Gasteiger charge is 2.13. The van der Waals surface area contributed by atoms with Gasteiger partial charge in [-0.2, -0.15) is 0 Å². The van der Waals surface area contributed by atoms with Gasteiger partial charge in [0.1, 0.15) is 5.75 Å². The molecule has 0 bridgehead atoms. The van der Waals surface area contributed by atoms with Gasteiger partial charge in [0.05, 0.1) is 12.1 Å². The SMILES string of the molecule is COc1ccc(C(=O)c2cccc(C)c2)c(Cl)c1. The van der Waals surface area contributed by atoms with Gasteiger partial charge in [-0.1, -0.05) is 35.4 Å². The summed E-state index contributed by atoms with van der Waals surface area (Å²) in [6.45, 7) is 1.95. The quantitative estimate of drug-likeness (QED) is 0.783. The molecule has 0 aromatic heterocycles. The Morgan fingerprint density at radius 1 is 1.17 bits per heavy atom. The molecule has 0 aliphatic heterocycles. The molecule has 0 atom stereocenters. The normalized spacial score (nSPS) is 10.2. The van der Waals surface area contributed by atoms with Crippen LogP contribution >= 0.6 is 11.6 Å². The lowest BCUT2D eigenvalue weighted by molar-refractivity contribution is 0.103. The van der Waals surface area contributed by atoms with E-state index < -0.39 is 0 Å². The van der Waals surface area contributed by atoms with Gasteiger partial charge < -0.3 is 4.74 Å². The number of methoxy groups -OCH3 is 1. The fourth-order valence-corrected chi connectivity index (χ4v) is 2.01. The first kappa shape index (κ1) is 12.7. The highest BCUT2D eigenvalue weighted by molar-refractivity contribution is 6.35. The third-order valence-corrected chi connectivity index (χ3v) is 3.01. The Morgan fingerprint density at radius 3 is 2.56 bits per heavy atom. The predicted molar refractivity (Wildman–Crippen MR) is 72.6 cm³/mol. The van der Waals surface area contributed by atoms with Gasteiger partial charge in [0.15, 0.2) is 5.78 Å². The van der Waals surface area contributed by atoms with Crippen molar-refractivity contribution < 1.29 is 9.53 Å². The van der Waals surface area contributed by atoms with Crippen molar-refractivity contribution in [3.63, 3.8) is 0 Å². The average molecular weight is 261 g/mol. The Kier molecular flexibility index (Phi) is 3.68. The molecule has 0 spiro atoms. The molecule has 3 heteroatoms. The first-order valence-corrected chi connectivity index (χ1v) is 5.94. The second kappa shape index (κ2) is 5.23. The molecule has 18 heavy (non-hydrogen) atoms. The van der Waals surface area contributed by atoms with Crippen molar-refractivity contribution in [2.75, 3.05) is 7.11 Å². The van der Waals surface area contributed by atoms with E-state index in [-0.39, 0.29) is 5.78 Å². The highest BCUT2D eigenvalue weighted by Crippen LogP contribution is 2.24. The topological polar surface area (TPSA) is 26.3 Å². The second-order valence-electron chi connectivity index (χ2n) is 4.04. The van der Waals surface area contributed by atoms with E-state index in [1.807, 2.05) is 25.1 Å². The number of hydrogen-bond donors (Lipinski definition) is 0. The summed E-state index contributed by atoms with van der Waals surface area (Å²) >= 11 is 6.09. The number of ketones is 1. The number of aryl methyl sites for hydroxylation is 1. The maximum Gasteiger partial charge on any atom is 0.194 e. The maximum absolute atomic E-state index is 12.3. The largest absolute Gasteiger partial charge is 0.497 e. The number of halogens is 1. The monoisotopic (exact) mass is 260 g/mol. The van der Waals surface area contributed by atoms with Crippen LogP contribution in [0.25, 0.3) is 0 Å². The summed E-state index contributed by atoms with van der Waals surface area (Å²) in [5.41, 5.74) is 2.18. The van der Waals surface area contributed by atoms with Gasteiger partial charge in [-0.05, 0) is 31.2 Å². The van der Waals surface area contributed by atoms with Gasteiger partial charge >= 0.3 is 0 Å². The van der Waals surface area contributed by atoms with Crippen molar-refractivity contribution in [1.29, 1.82) is 0 Å². The molecule has 0 unspecified atom stereocenters. The van der Waals surface area contributed by atoms with Gasteiger partial charge in [-0.15, -0.1) is 0 Å². The van der Waals surface area contributed by atoms with E-state index in [0.29, 0.717) is 21.9 Å². The summed E-state index contributed by atoms with van der Waals surface area (Å²) in [5, 5.41) is 0.404. The molecular formula is C15H13ClO2. The van der Waals surface area contributed by atoms with E-state index >= 15 is 0 Å².